The molecule has 33 heavy (non-hydrogen) atoms. The van der Waals surface area contributed by atoms with E-state index >= 15 is 0 Å². The molecule has 2 amide bonds. The van der Waals surface area contributed by atoms with E-state index < -0.39 is 0 Å². The van der Waals surface area contributed by atoms with Gasteiger partial charge in [0.25, 0.3) is 11.8 Å². The summed E-state index contributed by atoms with van der Waals surface area (Å²) in [4.78, 5) is 35.8. The van der Waals surface area contributed by atoms with Gasteiger partial charge in [-0.25, -0.2) is 4.98 Å². The molecule has 2 fully saturated rings. The number of aromatic nitrogens is 1. The molecule has 0 saturated carbocycles. The molecule has 170 valence electrons. The molecule has 1 aromatic heterocycles. The Balaban J connectivity index is 1.16. The van der Waals surface area contributed by atoms with Crippen molar-refractivity contribution in [3.8, 4) is 16.9 Å². The van der Waals surface area contributed by atoms with Gasteiger partial charge in [0.05, 0.1) is 12.6 Å². The van der Waals surface area contributed by atoms with E-state index in [0.717, 1.165) is 24.2 Å². The average Bonchev–Trinajstić information content (AvgIpc) is 3.38. The van der Waals surface area contributed by atoms with E-state index in [-0.39, 0.29) is 11.8 Å². The molecule has 7 nitrogen and oxygen atoms in total. The number of thiazole rings is 1. The van der Waals surface area contributed by atoms with Crippen molar-refractivity contribution in [1.82, 2.24) is 19.7 Å². The number of carbonyl (C=O) groups is 2. The number of nitrogens with zero attached hydrogens (tertiary/aromatic N) is 4. The van der Waals surface area contributed by atoms with Crippen molar-refractivity contribution in [2.75, 3.05) is 46.4 Å². The van der Waals surface area contributed by atoms with Gasteiger partial charge in [0.15, 0.2) is 0 Å². The summed E-state index contributed by atoms with van der Waals surface area (Å²) in [5.41, 5.74) is 4.89. The fourth-order valence-electron chi connectivity index (χ4n) is 4.49. The van der Waals surface area contributed by atoms with Crippen molar-refractivity contribution in [2.24, 2.45) is 0 Å². The molecule has 0 spiro atoms. The van der Waals surface area contributed by atoms with E-state index in [1.165, 1.54) is 11.3 Å². The average molecular weight is 463 g/mol. The molecule has 2 aliphatic heterocycles. The van der Waals surface area contributed by atoms with Gasteiger partial charge in [-0.2, -0.15) is 0 Å². The molecule has 2 aromatic carbocycles. The Labute approximate surface area is 197 Å². The van der Waals surface area contributed by atoms with Gasteiger partial charge < -0.3 is 14.5 Å². The number of rotatable bonds is 5. The van der Waals surface area contributed by atoms with Gasteiger partial charge in [-0.3, -0.25) is 14.5 Å². The topological polar surface area (TPSA) is 66.0 Å². The maximum atomic E-state index is 13.0. The third kappa shape index (κ3) is 4.36. The highest BCUT2D eigenvalue weighted by Crippen LogP contribution is 2.31. The van der Waals surface area contributed by atoms with Gasteiger partial charge in [-0.15, -0.1) is 11.3 Å². The van der Waals surface area contributed by atoms with Crippen LogP contribution in [0.2, 0.25) is 0 Å². The SMILES string of the molecule is COc1cc(C(=O)N2CC(N3CCN(C(=O)c4cscn4)CC3)C2)ccc1-c1ccccc1. The minimum absolute atomic E-state index is 0.00853. The standard InChI is InChI=1S/C25H26N4O3S/c1-32-23-13-19(7-8-21(23)18-5-3-2-4-6-18)24(30)29-14-20(15-29)27-9-11-28(12-10-27)25(31)22-16-33-17-26-22/h2-8,13,16-17,20H,9-12,14-15H2,1H3. The molecular formula is C25H26N4O3S. The number of ether oxygens (including phenoxy) is 1. The lowest BCUT2D eigenvalue weighted by Crippen LogP contribution is -2.64. The van der Waals surface area contributed by atoms with E-state index in [1.807, 2.05) is 58.3 Å². The van der Waals surface area contributed by atoms with Gasteiger partial charge in [0.1, 0.15) is 11.4 Å². The minimum Gasteiger partial charge on any atom is -0.496 e. The van der Waals surface area contributed by atoms with Gasteiger partial charge in [0, 0.05) is 61.8 Å². The van der Waals surface area contributed by atoms with Crippen molar-refractivity contribution in [2.45, 2.75) is 6.04 Å². The van der Waals surface area contributed by atoms with Crippen LogP contribution >= 0.6 is 11.3 Å². The zero-order valence-corrected chi connectivity index (χ0v) is 19.3. The second kappa shape index (κ2) is 9.33. The molecule has 2 aliphatic rings. The predicted molar refractivity (Wildman–Crippen MR) is 128 cm³/mol. The summed E-state index contributed by atoms with van der Waals surface area (Å²) in [5.74, 6) is 0.737. The van der Waals surface area contributed by atoms with Crippen molar-refractivity contribution in [3.05, 3.63) is 70.7 Å². The predicted octanol–water partition coefficient (Wildman–Crippen LogP) is 3.10. The summed E-state index contributed by atoms with van der Waals surface area (Å²) < 4.78 is 5.58. The Morgan fingerprint density at radius 2 is 1.73 bits per heavy atom. The van der Waals surface area contributed by atoms with Crippen molar-refractivity contribution in [1.29, 1.82) is 0 Å². The van der Waals surface area contributed by atoms with Gasteiger partial charge >= 0.3 is 0 Å². The van der Waals surface area contributed by atoms with Crippen LogP contribution in [0.25, 0.3) is 11.1 Å². The number of hydrogen-bond donors (Lipinski definition) is 0. The summed E-state index contributed by atoms with van der Waals surface area (Å²) in [5, 5.41) is 1.80. The van der Waals surface area contributed by atoms with Crippen LogP contribution in [-0.2, 0) is 0 Å². The summed E-state index contributed by atoms with van der Waals surface area (Å²) in [6.45, 7) is 4.45. The quantitative estimate of drug-likeness (QED) is 0.583. The lowest BCUT2D eigenvalue weighted by atomic mass is 10.00. The van der Waals surface area contributed by atoms with Gasteiger partial charge in [0.2, 0.25) is 0 Å². The van der Waals surface area contributed by atoms with Gasteiger partial charge in [-0.1, -0.05) is 30.3 Å². The van der Waals surface area contributed by atoms with E-state index in [4.69, 9.17) is 4.74 Å². The van der Waals surface area contributed by atoms with E-state index in [1.54, 1.807) is 18.0 Å². The fraction of sp³-hybridized carbons (Fsp3) is 0.320. The van der Waals surface area contributed by atoms with Crippen LogP contribution in [0.3, 0.4) is 0 Å². The van der Waals surface area contributed by atoms with Crippen LogP contribution < -0.4 is 4.74 Å². The van der Waals surface area contributed by atoms with E-state index in [9.17, 15) is 9.59 Å². The monoisotopic (exact) mass is 462 g/mol. The molecule has 0 bridgehead atoms. The number of carbonyl (C=O) groups excluding carboxylic acids is 2. The van der Waals surface area contributed by atoms with Gasteiger partial charge in [-0.05, 0) is 23.8 Å². The first-order valence-electron chi connectivity index (χ1n) is 11.1. The van der Waals surface area contributed by atoms with Crippen LogP contribution in [-0.4, -0.2) is 83.9 Å². The molecule has 0 unspecified atom stereocenters. The maximum Gasteiger partial charge on any atom is 0.273 e. The summed E-state index contributed by atoms with van der Waals surface area (Å²) >= 11 is 1.44. The lowest BCUT2D eigenvalue weighted by molar-refractivity contribution is 0.00842. The Kier molecular flexibility index (Phi) is 6.11. The zero-order chi connectivity index (χ0) is 22.8. The summed E-state index contributed by atoms with van der Waals surface area (Å²) in [7, 11) is 1.63. The highest BCUT2D eigenvalue weighted by atomic mass is 32.1. The Morgan fingerprint density at radius 1 is 0.970 bits per heavy atom. The number of likely N-dealkylation sites (tertiary alicyclic amines) is 1. The second-order valence-electron chi connectivity index (χ2n) is 8.35. The van der Waals surface area contributed by atoms with Crippen LogP contribution in [0, 0.1) is 0 Å². The van der Waals surface area contributed by atoms with E-state index in [2.05, 4.69) is 9.88 Å². The molecule has 3 heterocycles. The van der Waals surface area contributed by atoms with Crippen molar-refractivity contribution >= 4 is 23.2 Å². The number of piperazine rings is 1. The molecule has 0 aliphatic carbocycles. The lowest BCUT2D eigenvalue weighted by Gasteiger charge is -2.48. The molecule has 2 saturated heterocycles. The smallest absolute Gasteiger partial charge is 0.273 e. The summed E-state index contributed by atoms with van der Waals surface area (Å²) in [6, 6.07) is 16.0. The van der Waals surface area contributed by atoms with Crippen LogP contribution in [0.4, 0.5) is 0 Å². The summed E-state index contributed by atoms with van der Waals surface area (Å²) in [6.07, 6.45) is 0. The molecular weight excluding hydrogens is 436 g/mol. The largest absolute Gasteiger partial charge is 0.496 e. The molecule has 8 heteroatoms. The maximum absolute atomic E-state index is 13.0. The Hall–Kier alpha value is -3.23. The first-order valence-corrected chi connectivity index (χ1v) is 12.0. The second-order valence-corrected chi connectivity index (χ2v) is 9.07. The normalized spacial score (nSPS) is 17.0. The van der Waals surface area contributed by atoms with Crippen molar-refractivity contribution in [3.63, 3.8) is 0 Å². The third-order valence-corrected chi connectivity index (χ3v) is 7.04. The zero-order valence-electron chi connectivity index (χ0n) is 18.5. The number of hydrogen-bond acceptors (Lipinski definition) is 6. The van der Waals surface area contributed by atoms with Crippen LogP contribution in [0.1, 0.15) is 20.8 Å². The highest BCUT2D eigenvalue weighted by molar-refractivity contribution is 7.07. The van der Waals surface area contributed by atoms with Crippen LogP contribution in [0.5, 0.6) is 5.75 Å². The molecule has 5 rings (SSSR count). The minimum atomic E-state index is 0.00853. The van der Waals surface area contributed by atoms with Crippen LogP contribution in [0.15, 0.2) is 59.4 Å². The number of amides is 2. The first-order chi connectivity index (χ1) is 16.1. The third-order valence-electron chi connectivity index (χ3n) is 6.45. The highest BCUT2D eigenvalue weighted by Gasteiger charge is 2.37. The van der Waals surface area contributed by atoms with E-state index in [0.29, 0.717) is 49.2 Å². The van der Waals surface area contributed by atoms with Crippen molar-refractivity contribution < 1.29 is 14.3 Å². The fourth-order valence-corrected chi connectivity index (χ4v) is 5.01. The first kappa shape index (κ1) is 21.6. The Bertz CT molecular complexity index is 1120. The molecule has 0 radical (unpaired) electrons. The molecule has 3 aromatic rings. The molecule has 0 atom stereocenters. The molecule has 0 N–H and O–H groups in total. The number of benzene rings is 2. The Morgan fingerprint density at radius 3 is 2.39 bits per heavy atom. The number of methoxy groups -OCH3 is 1.